The monoisotopic (exact) mass is 415 g/mol. The van der Waals surface area contributed by atoms with Crippen LogP contribution in [0.25, 0.3) is 10.9 Å². The molecule has 150 valence electrons. The molecular formula is C23H21N5OS. The molecule has 0 aliphatic carbocycles. The van der Waals surface area contributed by atoms with E-state index in [1.807, 2.05) is 35.8 Å². The lowest BCUT2D eigenvalue weighted by Crippen LogP contribution is -2.24. The van der Waals surface area contributed by atoms with Crippen LogP contribution in [-0.4, -0.2) is 32.3 Å². The first-order valence-electron chi connectivity index (χ1n) is 10.0. The molecule has 6 nitrogen and oxygen atoms in total. The van der Waals surface area contributed by atoms with Crippen molar-refractivity contribution in [1.82, 2.24) is 19.9 Å². The Labute approximate surface area is 178 Å². The van der Waals surface area contributed by atoms with Crippen LogP contribution >= 0.6 is 11.3 Å². The summed E-state index contributed by atoms with van der Waals surface area (Å²) in [6.07, 6.45) is 5.65. The second kappa shape index (κ2) is 8.30. The fraction of sp³-hybridized carbons (Fsp3) is 0.217. The van der Waals surface area contributed by atoms with Gasteiger partial charge >= 0.3 is 0 Å². The molecule has 1 aliphatic heterocycles. The third-order valence-corrected chi connectivity index (χ3v) is 6.16. The highest BCUT2D eigenvalue weighted by Crippen LogP contribution is 2.33. The summed E-state index contributed by atoms with van der Waals surface area (Å²) in [5, 5.41) is 6.42. The van der Waals surface area contributed by atoms with E-state index in [-0.39, 0.29) is 11.9 Å². The third-order valence-electron chi connectivity index (χ3n) is 5.47. The summed E-state index contributed by atoms with van der Waals surface area (Å²) >= 11 is 1.39. The smallest absolute Gasteiger partial charge is 0.276 e. The van der Waals surface area contributed by atoms with Gasteiger partial charge in [-0.3, -0.25) is 20.0 Å². The lowest BCUT2D eigenvalue weighted by Gasteiger charge is -2.25. The second-order valence-electron chi connectivity index (χ2n) is 7.35. The van der Waals surface area contributed by atoms with Crippen LogP contribution in [-0.2, 0) is 6.54 Å². The van der Waals surface area contributed by atoms with E-state index in [4.69, 9.17) is 4.98 Å². The Morgan fingerprint density at radius 2 is 2.03 bits per heavy atom. The Bertz CT molecular complexity index is 1170. The summed E-state index contributed by atoms with van der Waals surface area (Å²) in [7, 11) is 0. The van der Waals surface area contributed by atoms with Gasteiger partial charge in [-0.15, -0.1) is 11.3 Å². The number of fused-ring (bicyclic) bond motifs is 1. The van der Waals surface area contributed by atoms with Crippen LogP contribution in [0.15, 0.2) is 66.3 Å². The number of pyridine rings is 2. The van der Waals surface area contributed by atoms with Crippen molar-refractivity contribution in [3.63, 3.8) is 0 Å². The van der Waals surface area contributed by atoms with Gasteiger partial charge in [-0.05, 0) is 49.2 Å². The SMILES string of the molecule is O=C(Nc1nccs1)c1cccc(C2CCCN2Cc2cccc3ncccc23)n1. The predicted molar refractivity (Wildman–Crippen MR) is 118 cm³/mol. The van der Waals surface area contributed by atoms with Crippen LogP contribution < -0.4 is 5.32 Å². The van der Waals surface area contributed by atoms with E-state index in [0.29, 0.717) is 10.8 Å². The van der Waals surface area contributed by atoms with Crippen LogP contribution in [0.5, 0.6) is 0 Å². The normalized spacial score (nSPS) is 16.7. The number of carbonyl (C=O) groups is 1. The number of thiazole rings is 1. The molecule has 4 aromatic rings. The summed E-state index contributed by atoms with van der Waals surface area (Å²) in [4.78, 5) is 28.3. The molecule has 1 fully saturated rings. The van der Waals surface area contributed by atoms with E-state index in [1.165, 1.54) is 22.3 Å². The molecule has 1 atom stereocenters. The minimum atomic E-state index is -0.225. The summed E-state index contributed by atoms with van der Waals surface area (Å²) in [5.41, 5.74) is 3.65. The van der Waals surface area contributed by atoms with Gasteiger partial charge in [0.2, 0.25) is 0 Å². The number of likely N-dealkylation sites (tertiary alicyclic amines) is 1. The van der Waals surface area contributed by atoms with Gasteiger partial charge in [-0.2, -0.15) is 0 Å². The molecule has 4 heterocycles. The zero-order valence-electron chi connectivity index (χ0n) is 16.4. The van der Waals surface area contributed by atoms with Gasteiger partial charge in [0, 0.05) is 29.7 Å². The molecule has 7 heteroatoms. The van der Waals surface area contributed by atoms with E-state index in [0.717, 1.165) is 37.1 Å². The topological polar surface area (TPSA) is 71.0 Å². The van der Waals surface area contributed by atoms with Crippen molar-refractivity contribution in [2.24, 2.45) is 0 Å². The lowest BCUT2D eigenvalue weighted by molar-refractivity contribution is 0.102. The highest BCUT2D eigenvalue weighted by Gasteiger charge is 2.28. The van der Waals surface area contributed by atoms with Gasteiger partial charge in [0.25, 0.3) is 5.91 Å². The first kappa shape index (κ1) is 18.8. The molecule has 1 saturated heterocycles. The predicted octanol–water partition coefficient (Wildman–Crippen LogP) is 4.68. The molecule has 0 radical (unpaired) electrons. The number of nitrogens with one attached hydrogen (secondary N) is 1. The molecule has 0 bridgehead atoms. The van der Waals surface area contributed by atoms with Gasteiger partial charge < -0.3 is 0 Å². The Hall–Kier alpha value is -3.16. The first-order chi connectivity index (χ1) is 14.8. The minimum Gasteiger partial charge on any atom is -0.296 e. The standard InChI is InChI=1S/C23H21N5OS/c29-22(27-23-25-12-14-30-23)20-9-2-8-19(26-20)21-10-4-13-28(21)15-16-5-1-7-18-17(16)6-3-11-24-18/h1-3,5-9,11-12,14,21H,4,10,13,15H2,(H,25,27,29). The number of benzene rings is 1. The number of aromatic nitrogens is 3. The molecule has 1 aromatic carbocycles. The second-order valence-corrected chi connectivity index (χ2v) is 8.25. The quantitative estimate of drug-likeness (QED) is 0.513. The fourth-order valence-electron chi connectivity index (χ4n) is 4.08. The first-order valence-corrected chi connectivity index (χ1v) is 10.9. The van der Waals surface area contributed by atoms with Gasteiger partial charge in [0.1, 0.15) is 5.69 Å². The van der Waals surface area contributed by atoms with Crippen molar-refractivity contribution >= 4 is 33.3 Å². The van der Waals surface area contributed by atoms with E-state index in [9.17, 15) is 4.79 Å². The van der Waals surface area contributed by atoms with Crippen molar-refractivity contribution < 1.29 is 4.79 Å². The average Bonchev–Trinajstić information content (AvgIpc) is 3.46. The maximum absolute atomic E-state index is 12.6. The molecule has 30 heavy (non-hydrogen) atoms. The van der Waals surface area contributed by atoms with Gasteiger partial charge in [-0.1, -0.05) is 24.3 Å². The highest BCUT2D eigenvalue weighted by atomic mass is 32.1. The van der Waals surface area contributed by atoms with Gasteiger partial charge in [0.15, 0.2) is 5.13 Å². The van der Waals surface area contributed by atoms with Crippen LogP contribution in [0.4, 0.5) is 5.13 Å². The summed E-state index contributed by atoms with van der Waals surface area (Å²) < 4.78 is 0. The number of rotatable bonds is 5. The lowest BCUT2D eigenvalue weighted by atomic mass is 10.1. The van der Waals surface area contributed by atoms with Gasteiger partial charge in [0.05, 0.1) is 17.3 Å². The molecule has 0 spiro atoms. The Balaban J connectivity index is 1.38. The molecule has 0 saturated carbocycles. The minimum absolute atomic E-state index is 0.199. The maximum Gasteiger partial charge on any atom is 0.276 e. The van der Waals surface area contributed by atoms with E-state index < -0.39 is 0 Å². The molecule has 1 unspecified atom stereocenters. The van der Waals surface area contributed by atoms with E-state index >= 15 is 0 Å². The molecule has 1 aliphatic rings. The number of carbonyl (C=O) groups excluding carboxylic acids is 1. The number of amides is 1. The summed E-state index contributed by atoms with van der Waals surface area (Å²) in [6.45, 7) is 1.85. The molecule has 5 rings (SSSR count). The van der Waals surface area contributed by atoms with Crippen LogP contribution in [0.2, 0.25) is 0 Å². The fourth-order valence-corrected chi connectivity index (χ4v) is 4.61. The molecule has 3 aromatic heterocycles. The van der Waals surface area contributed by atoms with Crippen molar-refractivity contribution in [2.75, 3.05) is 11.9 Å². The molecular weight excluding hydrogens is 394 g/mol. The van der Waals surface area contributed by atoms with E-state index in [1.54, 1.807) is 12.3 Å². The highest BCUT2D eigenvalue weighted by molar-refractivity contribution is 7.13. The Morgan fingerprint density at radius 1 is 1.10 bits per heavy atom. The van der Waals surface area contributed by atoms with Crippen molar-refractivity contribution in [3.05, 3.63) is 83.3 Å². The number of hydrogen-bond donors (Lipinski definition) is 1. The maximum atomic E-state index is 12.6. The molecule has 1 N–H and O–H groups in total. The summed E-state index contributed by atoms with van der Waals surface area (Å²) in [5.74, 6) is -0.225. The molecule has 1 amide bonds. The van der Waals surface area contributed by atoms with Crippen molar-refractivity contribution in [2.45, 2.75) is 25.4 Å². The number of nitrogens with zero attached hydrogens (tertiary/aromatic N) is 4. The average molecular weight is 416 g/mol. The summed E-state index contributed by atoms with van der Waals surface area (Å²) in [6, 6.07) is 16.3. The van der Waals surface area contributed by atoms with Crippen LogP contribution in [0.1, 0.15) is 40.6 Å². The van der Waals surface area contributed by atoms with E-state index in [2.05, 4.69) is 38.4 Å². The Kier molecular flexibility index (Phi) is 5.21. The van der Waals surface area contributed by atoms with Gasteiger partial charge in [-0.25, -0.2) is 9.97 Å². The van der Waals surface area contributed by atoms with Crippen molar-refractivity contribution in [3.8, 4) is 0 Å². The number of hydrogen-bond acceptors (Lipinski definition) is 6. The van der Waals surface area contributed by atoms with Crippen LogP contribution in [0.3, 0.4) is 0 Å². The van der Waals surface area contributed by atoms with Crippen molar-refractivity contribution in [1.29, 1.82) is 0 Å². The third kappa shape index (κ3) is 3.81. The Morgan fingerprint density at radius 3 is 2.93 bits per heavy atom. The zero-order chi connectivity index (χ0) is 20.3. The zero-order valence-corrected chi connectivity index (χ0v) is 17.2. The van der Waals surface area contributed by atoms with Crippen LogP contribution in [0, 0.1) is 0 Å². The number of anilines is 1. The largest absolute Gasteiger partial charge is 0.296 e.